The third-order valence-electron chi connectivity index (χ3n) is 8.92. The SMILES string of the molecule is c1ccc(-c2cccc(-n3c4cc5oc6ccccc6c5c5c4c4c6c(cccc6ccc43)-c3ccccc3-5)n2)cc1. The Labute approximate surface area is 240 Å². The molecule has 0 saturated carbocycles. The van der Waals surface area contributed by atoms with E-state index in [1.807, 2.05) is 12.1 Å². The van der Waals surface area contributed by atoms with Gasteiger partial charge in [0.05, 0.1) is 16.7 Å². The topological polar surface area (TPSA) is 31.0 Å². The van der Waals surface area contributed by atoms with Gasteiger partial charge in [-0.15, -0.1) is 0 Å². The van der Waals surface area contributed by atoms with Gasteiger partial charge in [0.1, 0.15) is 17.0 Å². The smallest absolute Gasteiger partial charge is 0.138 e. The van der Waals surface area contributed by atoms with Gasteiger partial charge in [-0.25, -0.2) is 4.98 Å². The van der Waals surface area contributed by atoms with Crippen molar-refractivity contribution in [1.82, 2.24) is 9.55 Å². The van der Waals surface area contributed by atoms with E-state index in [0.29, 0.717) is 0 Å². The molecule has 0 atom stereocenters. The summed E-state index contributed by atoms with van der Waals surface area (Å²) in [5.41, 5.74) is 11.1. The van der Waals surface area contributed by atoms with E-state index in [9.17, 15) is 0 Å². The Hall–Kier alpha value is -5.67. The van der Waals surface area contributed by atoms with Crippen LogP contribution in [0.1, 0.15) is 0 Å². The molecular weight excluding hydrogens is 512 g/mol. The fourth-order valence-electron chi connectivity index (χ4n) is 7.23. The van der Waals surface area contributed by atoms with Crippen molar-refractivity contribution in [3.63, 3.8) is 0 Å². The molecule has 194 valence electrons. The van der Waals surface area contributed by atoms with Crippen LogP contribution < -0.4 is 0 Å². The minimum atomic E-state index is 0.888. The quantitative estimate of drug-likeness (QED) is 0.221. The molecule has 9 aromatic rings. The van der Waals surface area contributed by atoms with Gasteiger partial charge in [-0.3, -0.25) is 4.57 Å². The van der Waals surface area contributed by atoms with E-state index in [2.05, 4.69) is 126 Å². The molecule has 3 aromatic heterocycles. The minimum absolute atomic E-state index is 0.888. The zero-order valence-electron chi connectivity index (χ0n) is 22.5. The lowest BCUT2D eigenvalue weighted by molar-refractivity contribution is 0.669. The van der Waals surface area contributed by atoms with Crippen LogP contribution in [0.3, 0.4) is 0 Å². The van der Waals surface area contributed by atoms with Crippen LogP contribution in [0.2, 0.25) is 0 Å². The van der Waals surface area contributed by atoms with Crippen molar-refractivity contribution >= 4 is 54.5 Å². The number of hydrogen-bond acceptors (Lipinski definition) is 2. The Morgan fingerprint density at radius 2 is 1.29 bits per heavy atom. The predicted molar refractivity (Wildman–Crippen MR) is 173 cm³/mol. The summed E-state index contributed by atoms with van der Waals surface area (Å²) in [4.78, 5) is 5.24. The Bertz CT molecular complexity index is 2570. The van der Waals surface area contributed by atoms with Crippen molar-refractivity contribution in [1.29, 1.82) is 0 Å². The Morgan fingerprint density at radius 3 is 2.21 bits per heavy atom. The largest absolute Gasteiger partial charge is 0.456 e. The number of rotatable bonds is 2. The fraction of sp³-hybridized carbons (Fsp3) is 0. The molecule has 0 spiro atoms. The summed E-state index contributed by atoms with van der Waals surface area (Å²) in [6.45, 7) is 0. The van der Waals surface area contributed by atoms with E-state index >= 15 is 0 Å². The Balaban J connectivity index is 1.47. The van der Waals surface area contributed by atoms with E-state index < -0.39 is 0 Å². The number of aromatic nitrogens is 2. The second-order valence-electron chi connectivity index (χ2n) is 11.1. The normalized spacial score (nSPS) is 12.3. The van der Waals surface area contributed by atoms with Crippen LogP contribution in [0, 0.1) is 0 Å². The van der Waals surface area contributed by atoms with Gasteiger partial charge in [0.2, 0.25) is 0 Å². The van der Waals surface area contributed by atoms with Crippen LogP contribution in [0.5, 0.6) is 0 Å². The molecule has 3 heterocycles. The second kappa shape index (κ2) is 7.96. The van der Waals surface area contributed by atoms with Crippen molar-refractivity contribution < 1.29 is 4.42 Å². The average Bonchev–Trinajstić information content (AvgIpc) is 3.55. The van der Waals surface area contributed by atoms with Crippen LogP contribution >= 0.6 is 0 Å². The van der Waals surface area contributed by atoms with Gasteiger partial charge in [0.15, 0.2) is 0 Å². The fourth-order valence-corrected chi connectivity index (χ4v) is 7.23. The molecule has 6 aromatic carbocycles. The molecule has 1 aliphatic carbocycles. The first kappa shape index (κ1) is 22.1. The van der Waals surface area contributed by atoms with E-state index in [1.165, 1.54) is 49.2 Å². The van der Waals surface area contributed by atoms with Crippen molar-refractivity contribution in [3.8, 4) is 39.3 Å². The van der Waals surface area contributed by atoms with Crippen LogP contribution in [0.4, 0.5) is 0 Å². The van der Waals surface area contributed by atoms with Crippen molar-refractivity contribution in [2.24, 2.45) is 0 Å². The zero-order chi connectivity index (χ0) is 27.4. The number of nitrogens with zero attached hydrogens (tertiary/aromatic N) is 2. The summed E-state index contributed by atoms with van der Waals surface area (Å²) in [5, 5.41) is 7.35. The summed E-state index contributed by atoms with van der Waals surface area (Å²) in [5.74, 6) is 0.892. The minimum Gasteiger partial charge on any atom is -0.456 e. The molecule has 0 bridgehead atoms. The first-order valence-corrected chi connectivity index (χ1v) is 14.3. The molecule has 0 fully saturated rings. The molecule has 42 heavy (non-hydrogen) atoms. The second-order valence-corrected chi connectivity index (χ2v) is 11.1. The van der Waals surface area contributed by atoms with Crippen LogP contribution in [0.15, 0.2) is 138 Å². The number of pyridine rings is 1. The number of hydrogen-bond donors (Lipinski definition) is 0. The van der Waals surface area contributed by atoms with Gasteiger partial charge >= 0.3 is 0 Å². The van der Waals surface area contributed by atoms with Crippen LogP contribution in [-0.2, 0) is 0 Å². The van der Waals surface area contributed by atoms with Gasteiger partial charge in [-0.2, -0.15) is 0 Å². The highest BCUT2D eigenvalue weighted by atomic mass is 16.3. The number of benzene rings is 6. The molecule has 0 unspecified atom stereocenters. The van der Waals surface area contributed by atoms with Gasteiger partial charge in [0.25, 0.3) is 0 Å². The third-order valence-corrected chi connectivity index (χ3v) is 8.92. The first-order valence-electron chi connectivity index (χ1n) is 14.3. The maximum atomic E-state index is 6.59. The lowest BCUT2D eigenvalue weighted by Crippen LogP contribution is -1.99. The number of para-hydroxylation sites is 1. The molecule has 3 nitrogen and oxygen atoms in total. The lowest BCUT2D eigenvalue weighted by Gasteiger charge is -2.14. The zero-order valence-corrected chi connectivity index (χ0v) is 22.5. The van der Waals surface area contributed by atoms with Gasteiger partial charge in [-0.1, -0.05) is 103 Å². The molecule has 1 aliphatic rings. The van der Waals surface area contributed by atoms with Crippen molar-refractivity contribution in [3.05, 3.63) is 133 Å². The Morgan fingerprint density at radius 1 is 0.500 bits per heavy atom. The highest BCUT2D eigenvalue weighted by Crippen LogP contribution is 2.53. The molecule has 0 saturated heterocycles. The van der Waals surface area contributed by atoms with E-state index in [0.717, 1.165) is 44.7 Å². The van der Waals surface area contributed by atoms with Gasteiger partial charge in [-0.05, 0) is 51.7 Å². The number of fused-ring (bicyclic) bond motifs is 7. The molecule has 0 N–H and O–H groups in total. The Kier molecular flexibility index (Phi) is 4.18. The van der Waals surface area contributed by atoms with E-state index in [1.54, 1.807) is 0 Å². The highest BCUT2D eigenvalue weighted by Gasteiger charge is 2.28. The molecule has 10 rings (SSSR count). The summed E-state index contributed by atoms with van der Waals surface area (Å²) in [6, 6.07) is 47.4. The summed E-state index contributed by atoms with van der Waals surface area (Å²) in [7, 11) is 0. The number of furan rings is 1. The summed E-state index contributed by atoms with van der Waals surface area (Å²) >= 11 is 0. The molecular formula is C39H22N2O. The summed E-state index contributed by atoms with van der Waals surface area (Å²) in [6.07, 6.45) is 0. The van der Waals surface area contributed by atoms with Crippen LogP contribution in [0.25, 0.3) is 93.8 Å². The maximum absolute atomic E-state index is 6.59. The van der Waals surface area contributed by atoms with E-state index in [-0.39, 0.29) is 0 Å². The monoisotopic (exact) mass is 534 g/mol. The first-order chi connectivity index (χ1) is 20.8. The maximum Gasteiger partial charge on any atom is 0.138 e. The molecule has 0 radical (unpaired) electrons. The summed E-state index contributed by atoms with van der Waals surface area (Å²) < 4.78 is 8.92. The third kappa shape index (κ3) is 2.77. The van der Waals surface area contributed by atoms with Crippen LogP contribution in [-0.4, -0.2) is 9.55 Å². The van der Waals surface area contributed by atoms with Crippen molar-refractivity contribution in [2.45, 2.75) is 0 Å². The van der Waals surface area contributed by atoms with Gasteiger partial charge < -0.3 is 4.42 Å². The van der Waals surface area contributed by atoms with Crippen molar-refractivity contribution in [2.75, 3.05) is 0 Å². The standard InChI is InChI=1S/C39H22N2O/c1-2-10-23(11-3-1)29-17-9-19-34(40-29)41-30-21-20-24-12-8-16-26-25-13-4-5-14-27(25)37-36-28-15-6-7-18-32(28)42-33(36)22-31(41)39(37)38(30)35(24)26/h1-22H. The van der Waals surface area contributed by atoms with E-state index in [4.69, 9.17) is 9.40 Å². The molecule has 3 heteroatoms. The van der Waals surface area contributed by atoms with Gasteiger partial charge in [0, 0.05) is 38.7 Å². The predicted octanol–water partition coefficient (Wildman–Crippen LogP) is 10.5. The lowest BCUT2D eigenvalue weighted by atomic mass is 9.91. The molecule has 0 amide bonds. The highest BCUT2D eigenvalue weighted by molar-refractivity contribution is 6.35. The average molecular weight is 535 g/mol. The molecule has 0 aliphatic heterocycles.